The van der Waals surface area contributed by atoms with Crippen molar-refractivity contribution in [2.24, 2.45) is 0 Å². The van der Waals surface area contributed by atoms with E-state index in [0.717, 1.165) is 55.9 Å². The van der Waals surface area contributed by atoms with Crippen molar-refractivity contribution >= 4 is 57.4 Å². The molecular formula is C48H48NOS2+. The molecule has 5 aromatic rings. The van der Waals surface area contributed by atoms with E-state index in [1.165, 1.54) is 65.0 Å². The minimum atomic E-state index is -0.235. The van der Waals surface area contributed by atoms with E-state index in [-0.39, 0.29) is 10.8 Å². The lowest BCUT2D eigenvalue weighted by Gasteiger charge is -2.27. The second-order valence-corrected chi connectivity index (χ2v) is 16.9. The highest BCUT2D eigenvalue weighted by Crippen LogP contribution is 2.51. The largest absolute Gasteiger partial charge is 0.358 e. The van der Waals surface area contributed by atoms with Crippen molar-refractivity contribution in [1.82, 2.24) is 0 Å². The third-order valence-corrected chi connectivity index (χ3v) is 12.8. The lowest BCUT2D eigenvalue weighted by molar-refractivity contribution is -0.362. The van der Waals surface area contributed by atoms with Gasteiger partial charge in [-0.05, 0) is 126 Å². The number of rotatable bonds is 9. The Labute approximate surface area is 319 Å². The number of fused-ring (bicyclic) bond motifs is 6. The second kappa shape index (κ2) is 14.3. The maximum absolute atomic E-state index is 6.62. The van der Waals surface area contributed by atoms with Gasteiger partial charge in [-0.3, -0.25) is 0 Å². The topological polar surface area (TPSA) is 14.5 Å². The summed E-state index contributed by atoms with van der Waals surface area (Å²) in [6.07, 6.45) is 14.9. The number of allylic oxidation sites excluding steroid dienone is 7. The normalized spacial score (nSPS) is 19.3. The van der Waals surface area contributed by atoms with E-state index in [0.29, 0.717) is 0 Å². The fraction of sp³-hybridized carbons (Fsp3) is 0.271. The highest BCUT2D eigenvalue weighted by Gasteiger charge is 2.47. The minimum Gasteiger partial charge on any atom is -0.344 e. The second-order valence-electron chi connectivity index (χ2n) is 15.3. The molecule has 0 saturated carbocycles. The first kappa shape index (κ1) is 34.8. The molecule has 2 nitrogen and oxygen atoms in total. The zero-order chi connectivity index (χ0) is 35.9. The zero-order valence-electron chi connectivity index (χ0n) is 30.8. The third-order valence-electron chi connectivity index (χ3n) is 11.2. The predicted molar refractivity (Wildman–Crippen MR) is 227 cm³/mol. The van der Waals surface area contributed by atoms with Gasteiger partial charge in [0.05, 0.1) is 5.56 Å². The number of unbranched alkanes of at least 4 members (excludes halogenated alkanes) is 1. The number of carbonyl (C=O) groups excluding carboxylic acids is 1. The van der Waals surface area contributed by atoms with Crippen molar-refractivity contribution in [1.29, 1.82) is 0 Å². The fourth-order valence-electron chi connectivity index (χ4n) is 8.56. The van der Waals surface area contributed by atoms with Gasteiger partial charge in [-0.25, -0.2) is 4.42 Å². The molecule has 1 aliphatic carbocycles. The standard InChI is InChI=1S/C48H47NOS2/c1-47(2)42(49(31-12-13-32-51)40-27-23-33-15-8-10-21-38(33)44(40)47)29-25-35-17-14-18-36(46(35)52-37-19-6-5-7-20-37)26-30-43-48(3,4)45-39-22-11-9-16-34(39)24-28-41(45)50-43/h5-11,15-16,19-30H,12-14,17-18,31-32H2,1-4H3/p+1/b30-26+,35-25+,42-29+. The average molecular weight is 719 g/mol. The molecule has 262 valence electrons. The van der Waals surface area contributed by atoms with E-state index in [1.807, 2.05) is 11.8 Å². The van der Waals surface area contributed by atoms with Crippen LogP contribution in [0.4, 0.5) is 5.69 Å². The third kappa shape index (κ3) is 6.28. The Kier molecular flexibility index (Phi) is 9.57. The summed E-state index contributed by atoms with van der Waals surface area (Å²) in [5.41, 5.74) is 7.85. The Morgan fingerprint density at radius 3 is 2.15 bits per heavy atom. The van der Waals surface area contributed by atoms with E-state index in [2.05, 4.69) is 173 Å². The van der Waals surface area contributed by atoms with Crippen LogP contribution in [0.3, 0.4) is 0 Å². The summed E-state index contributed by atoms with van der Waals surface area (Å²) in [6, 6.07) is 37.3. The Balaban J connectivity index is 1.20. The van der Waals surface area contributed by atoms with Crippen LogP contribution >= 0.6 is 24.4 Å². The fourth-order valence-corrected chi connectivity index (χ4v) is 9.92. The van der Waals surface area contributed by atoms with Crippen molar-refractivity contribution in [2.45, 2.75) is 75.5 Å². The van der Waals surface area contributed by atoms with Gasteiger partial charge in [-0.2, -0.15) is 12.6 Å². The zero-order valence-corrected chi connectivity index (χ0v) is 32.5. The lowest BCUT2D eigenvalue weighted by atomic mass is 9.79. The van der Waals surface area contributed by atoms with Gasteiger partial charge in [-0.15, -0.1) is 0 Å². The molecule has 0 spiro atoms. The molecule has 8 rings (SSSR count). The smallest absolute Gasteiger partial charge is 0.344 e. The van der Waals surface area contributed by atoms with Gasteiger partial charge in [0.2, 0.25) is 0 Å². The van der Waals surface area contributed by atoms with Gasteiger partial charge in [0, 0.05) is 45.3 Å². The number of nitrogens with zero attached hydrogens (tertiary/aromatic N) is 1. The van der Waals surface area contributed by atoms with Gasteiger partial charge >= 0.3 is 11.5 Å². The van der Waals surface area contributed by atoms with Crippen LogP contribution in [0, 0.1) is 0 Å². The van der Waals surface area contributed by atoms with Crippen LogP contribution in [0.2, 0.25) is 0 Å². The molecule has 0 atom stereocenters. The SMILES string of the molecule is CC1(C)C(/C=C/C2=C(Sc3ccccc3)C(=C/C=C3/N(CCCCS)c4ccc5ccccc5c4C3(C)C)/CCC2)=[O+]c2ccc3ccccc3c21. The molecule has 0 amide bonds. The molecule has 52 heavy (non-hydrogen) atoms. The van der Waals surface area contributed by atoms with E-state index in [1.54, 1.807) is 0 Å². The maximum Gasteiger partial charge on any atom is 0.358 e. The Morgan fingerprint density at radius 2 is 1.40 bits per heavy atom. The Bertz CT molecular complexity index is 2320. The molecule has 0 fully saturated rings. The maximum atomic E-state index is 6.62. The van der Waals surface area contributed by atoms with E-state index >= 15 is 0 Å². The lowest BCUT2D eigenvalue weighted by Crippen LogP contribution is -2.27. The van der Waals surface area contributed by atoms with E-state index in [9.17, 15) is 0 Å². The first-order chi connectivity index (χ1) is 25.3. The number of thiol groups is 1. The molecule has 0 aromatic heterocycles. The monoisotopic (exact) mass is 718 g/mol. The van der Waals surface area contributed by atoms with Crippen molar-refractivity contribution in [2.75, 3.05) is 17.2 Å². The molecule has 5 aromatic carbocycles. The van der Waals surface area contributed by atoms with Crippen LogP contribution < -0.4 is 4.90 Å². The van der Waals surface area contributed by atoms with Gasteiger partial charge < -0.3 is 4.90 Å². The number of hydrogen-bond donors (Lipinski definition) is 1. The van der Waals surface area contributed by atoms with Gasteiger partial charge in [0.1, 0.15) is 5.41 Å². The summed E-state index contributed by atoms with van der Waals surface area (Å²) >= 11 is 6.45. The Hall–Kier alpha value is -4.25. The van der Waals surface area contributed by atoms with Crippen molar-refractivity contribution in [3.63, 3.8) is 0 Å². The number of thioether (sulfide) groups is 1. The summed E-state index contributed by atoms with van der Waals surface area (Å²) in [4.78, 5) is 5.23. The van der Waals surface area contributed by atoms with Crippen LogP contribution in [0.5, 0.6) is 5.75 Å². The first-order valence-corrected chi connectivity index (χ1v) is 20.3. The molecule has 0 unspecified atom stereocenters. The quantitative estimate of drug-likeness (QED) is 0.0706. The Morgan fingerprint density at radius 1 is 0.712 bits per heavy atom. The highest BCUT2D eigenvalue weighted by atomic mass is 32.2. The average Bonchev–Trinajstić information content (AvgIpc) is 3.55. The van der Waals surface area contributed by atoms with Crippen molar-refractivity contribution < 1.29 is 4.42 Å². The minimum absolute atomic E-state index is 0.136. The van der Waals surface area contributed by atoms with Crippen LogP contribution in [0.15, 0.2) is 154 Å². The van der Waals surface area contributed by atoms with E-state index in [4.69, 9.17) is 4.42 Å². The number of hydrogen-bond acceptors (Lipinski definition) is 3. The molecule has 0 bridgehead atoms. The van der Waals surface area contributed by atoms with Gasteiger partial charge in [-0.1, -0.05) is 104 Å². The molecule has 3 aliphatic rings. The van der Waals surface area contributed by atoms with Gasteiger partial charge in [0.25, 0.3) is 0 Å². The van der Waals surface area contributed by atoms with E-state index < -0.39 is 0 Å². The van der Waals surface area contributed by atoms with Crippen LogP contribution in [0.25, 0.3) is 21.5 Å². The molecule has 2 aliphatic heterocycles. The van der Waals surface area contributed by atoms with Gasteiger partial charge in [0.15, 0.2) is 0 Å². The molecule has 0 N–H and O–H groups in total. The molecule has 0 radical (unpaired) electrons. The number of benzene rings is 5. The summed E-state index contributed by atoms with van der Waals surface area (Å²) in [5.74, 6) is 2.89. The van der Waals surface area contributed by atoms with Crippen molar-refractivity contribution in [3.8, 4) is 5.75 Å². The summed E-state index contributed by atoms with van der Waals surface area (Å²) in [7, 11) is 0. The van der Waals surface area contributed by atoms with Crippen LogP contribution in [-0.2, 0) is 15.3 Å². The van der Waals surface area contributed by atoms with Crippen LogP contribution in [0.1, 0.15) is 70.9 Å². The first-order valence-electron chi connectivity index (χ1n) is 18.8. The number of anilines is 1. The summed E-state index contributed by atoms with van der Waals surface area (Å²) < 4.78 is 6.62. The summed E-state index contributed by atoms with van der Waals surface area (Å²) in [5, 5.41) is 5.19. The molecule has 0 saturated heterocycles. The molecular weight excluding hydrogens is 671 g/mol. The number of ketones is 1. The predicted octanol–water partition coefficient (Wildman–Crippen LogP) is 13.2. The highest BCUT2D eigenvalue weighted by molar-refractivity contribution is 8.03. The van der Waals surface area contributed by atoms with Crippen molar-refractivity contribution in [3.05, 3.63) is 160 Å². The molecule has 4 heteroatoms. The molecule has 2 heterocycles. The van der Waals surface area contributed by atoms with Crippen LogP contribution in [-0.4, -0.2) is 18.1 Å². The summed E-state index contributed by atoms with van der Waals surface area (Å²) in [6.45, 7) is 10.4.